The van der Waals surface area contributed by atoms with Crippen molar-refractivity contribution in [2.75, 3.05) is 20.2 Å². The van der Waals surface area contributed by atoms with Crippen LogP contribution in [0.3, 0.4) is 0 Å². The van der Waals surface area contributed by atoms with Crippen LogP contribution in [0.1, 0.15) is 23.1 Å². The Kier molecular flexibility index (Phi) is 4.56. The Labute approximate surface area is 140 Å². The van der Waals surface area contributed by atoms with Crippen molar-refractivity contribution in [1.29, 1.82) is 0 Å². The molecule has 2 aromatic rings. The molecular weight excluding hydrogens is 312 g/mol. The predicted molar refractivity (Wildman–Crippen MR) is 87.9 cm³/mol. The number of halogens is 2. The zero-order valence-corrected chi connectivity index (χ0v) is 13.9. The molecule has 1 saturated heterocycles. The lowest BCUT2D eigenvalue weighted by atomic mass is 9.89. The Bertz CT molecular complexity index is 750. The van der Waals surface area contributed by atoms with Gasteiger partial charge in [0.15, 0.2) is 11.6 Å². The molecule has 3 nitrogen and oxygen atoms in total. The molecule has 0 saturated carbocycles. The van der Waals surface area contributed by atoms with Crippen LogP contribution in [-0.4, -0.2) is 30.2 Å². The average molecular weight is 333 g/mol. The summed E-state index contributed by atoms with van der Waals surface area (Å²) < 4.78 is 32.8. The summed E-state index contributed by atoms with van der Waals surface area (Å²) in [4.78, 5) is 1.92. The second-order valence-corrected chi connectivity index (χ2v) is 6.35. The maximum absolute atomic E-state index is 14.1. The summed E-state index contributed by atoms with van der Waals surface area (Å²) in [6.07, 6.45) is 0.553. The van der Waals surface area contributed by atoms with Gasteiger partial charge in [-0.15, -0.1) is 0 Å². The number of rotatable bonds is 4. The molecule has 3 rings (SSSR count). The smallest absolute Gasteiger partial charge is 0.167 e. The van der Waals surface area contributed by atoms with Crippen LogP contribution in [0.5, 0.6) is 5.75 Å². The lowest BCUT2D eigenvalue weighted by Crippen LogP contribution is -2.31. The Balaban J connectivity index is 1.83. The number of hydrogen-bond acceptors (Lipinski definition) is 3. The second-order valence-electron chi connectivity index (χ2n) is 6.35. The van der Waals surface area contributed by atoms with Crippen molar-refractivity contribution in [3.05, 3.63) is 64.7 Å². The first-order chi connectivity index (χ1) is 11.4. The van der Waals surface area contributed by atoms with Gasteiger partial charge in [-0.2, -0.15) is 0 Å². The molecule has 1 fully saturated rings. The van der Waals surface area contributed by atoms with E-state index < -0.39 is 17.2 Å². The van der Waals surface area contributed by atoms with E-state index in [0.29, 0.717) is 25.3 Å². The van der Waals surface area contributed by atoms with Crippen LogP contribution in [0.25, 0.3) is 0 Å². The lowest BCUT2D eigenvalue weighted by Gasteiger charge is -2.26. The van der Waals surface area contributed by atoms with Gasteiger partial charge in [0.2, 0.25) is 0 Å². The first-order valence-corrected chi connectivity index (χ1v) is 7.96. The van der Waals surface area contributed by atoms with Gasteiger partial charge in [0.05, 0.1) is 7.11 Å². The maximum Gasteiger partial charge on any atom is 0.167 e. The van der Waals surface area contributed by atoms with Gasteiger partial charge in [-0.05, 0) is 36.6 Å². The number of likely N-dealkylation sites (tertiary alicyclic amines) is 1. The molecule has 0 unspecified atom stereocenters. The molecule has 5 heteroatoms. The predicted octanol–water partition coefficient (Wildman–Crippen LogP) is 3.38. The molecule has 0 aliphatic carbocycles. The molecule has 0 spiro atoms. The minimum absolute atomic E-state index is 0.187. The molecule has 1 heterocycles. The Hall–Kier alpha value is -1.98. The molecule has 2 aromatic carbocycles. The van der Waals surface area contributed by atoms with Crippen LogP contribution in [0.15, 0.2) is 36.4 Å². The van der Waals surface area contributed by atoms with E-state index >= 15 is 0 Å². The SMILES string of the molecule is COc1ccc(F)c(F)c1CN1CC[C@@](O)(c2ccccc2C)C1. The van der Waals surface area contributed by atoms with Crippen molar-refractivity contribution in [1.82, 2.24) is 4.90 Å². The van der Waals surface area contributed by atoms with Crippen LogP contribution < -0.4 is 4.74 Å². The summed E-state index contributed by atoms with van der Waals surface area (Å²) in [5.41, 5.74) is 1.13. The van der Waals surface area contributed by atoms with Gasteiger partial charge in [-0.25, -0.2) is 8.78 Å². The van der Waals surface area contributed by atoms with E-state index in [1.165, 1.54) is 13.2 Å². The van der Waals surface area contributed by atoms with Crippen LogP contribution in [0, 0.1) is 18.6 Å². The third-order valence-corrected chi connectivity index (χ3v) is 4.73. The van der Waals surface area contributed by atoms with Crippen molar-refractivity contribution < 1.29 is 18.6 Å². The summed E-state index contributed by atoms with van der Waals surface area (Å²) >= 11 is 0. The van der Waals surface area contributed by atoms with Crippen LogP contribution in [-0.2, 0) is 12.1 Å². The average Bonchev–Trinajstić information content (AvgIpc) is 2.94. The number of benzene rings is 2. The third kappa shape index (κ3) is 3.01. The van der Waals surface area contributed by atoms with Crippen molar-refractivity contribution in [2.45, 2.75) is 25.5 Å². The first kappa shape index (κ1) is 16.9. The fourth-order valence-electron chi connectivity index (χ4n) is 3.46. The minimum atomic E-state index is -0.970. The van der Waals surface area contributed by atoms with Gasteiger partial charge in [0, 0.05) is 25.2 Å². The standard InChI is InChI=1S/C19H21F2NO2/c1-13-5-3-4-6-15(13)19(23)9-10-22(12-19)11-14-17(24-2)8-7-16(20)18(14)21/h3-8,23H,9-12H2,1-2H3/t19-/m0/s1. The highest BCUT2D eigenvalue weighted by Crippen LogP contribution is 2.35. The Morgan fingerprint density at radius 2 is 1.96 bits per heavy atom. The van der Waals surface area contributed by atoms with Crippen LogP contribution >= 0.6 is 0 Å². The largest absolute Gasteiger partial charge is 0.496 e. The monoisotopic (exact) mass is 333 g/mol. The fourth-order valence-corrected chi connectivity index (χ4v) is 3.46. The van der Waals surface area contributed by atoms with Gasteiger partial charge >= 0.3 is 0 Å². The highest BCUT2D eigenvalue weighted by molar-refractivity contribution is 5.36. The van der Waals surface area contributed by atoms with Crippen LogP contribution in [0.4, 0.5) is 8.78 Å². The lowest BCUT2D eigenvalue weighted by molar-refractivity contribution is 0.0444. The van der Waals surface area contributed by atoms with Crippen LogP contribution in [0.2, 0.25) is 0 Å². The fraction of sp³-hybridized carbons (Fsp3) is 0.368. The summed E-state index contributed by atoms with van der Waals surface area (Å²) in [6.45, 7) is 3.13. The third-order valence-electron chi connectivity index (χ3n) is 4.73. The van der Waals surface area contributed by atoms with E-state index in [9.17, 15) is 13.9 Å². The molecule has 1 atom stereocenters. The Morgan fingerprint density at radius 1 is 1.21 bits per heavy atom. The number of hydrogen-bond donors (Lipinski definition) is 1. The molecule has 1 aliphatic heterocycles. The summed E-state index contributed by atoms with van der Waals surface area (Å²) in [7, 11) is 1.43. The van der Waals surface area contributed by atoms with E-state index in [2.05, 4.69) is 0 Å². The zero-order valence-electron chi connectivity index (χ0n) is 13.9. The molecule has 1 aliphatic rings. The molecule has 1 N–H and O–H groups in total. The zero-order chi connectivity index (χ0) is 17.3. The molecule has 0 amide bonds. The van der Waals surface area contributed by atoms with E-state index in [4.69, 9.17) is 4.74 Å². The van der Waals surface area contributed by atoms with Crippen molar-refractivity contribution in [3.63, 3.8) is 0 Å². The number of methoxy groups -OCH3 is 1. The van der Waals surface area contributed by atoms with Gasteiger partial charge in [0.1, 0.15) is 11.4 Å². The topological polar surface area (TPSA) is 32.7 Å². The second kappa shape index (κ2) is 6.49. The van der Waals surface area contributed by atoms with E-state index in [-0.39, 0.29) is 12.1 Å². The van der Waals surface area contributed by atoms with Crippen molar-refractivity contribution in [3.8, 4) is 5.75 Å². The first-order valence-electron chi connectivity index (χ1n) is 7.96. The number of aliphatic hydroxyl groups is 1. The number of ether oxygens (including phenoxy) is 1. The molecule has 0 aromatic heterocycles. The van der Waals surface area contributed by atoms with Gasteiger partial charge in [0.25, 0.3) is 0 Å². The molecule has 0 bridgehead atoms. The van der Waals surface area contributed by atoms with Gasteiger partial charge in [-0.3, -0.25) is 4.90 Å². The molecule has 24 heavy (non-hydrogen) atoms. The number of aryl methyl sites for hydroxylation is 1. The van der Waals surface area contributed by atoms with E-state index in [0.717, 1.165) is 17.2 Å². The normalized spacial score (nSPS) is 21.2. The Morgan fingerprint density at radius 3 is 2.67 bits per heavy atom. The minimum Gasteiger partial charge on any atom is -0.496 e. The van der Waals surface area contributed by atoms with Gasteiger partial charge < -0.3 is 9.84 Å². The van der Waals surface area contributed by atoms with E-state index in [1.807, 2.05) is 36.1 Å². The van der Waals surface area contributed by atoms with Gasteiger partial charge in [-0.1, -0.05) is 24.3 Å². The number of nitrogens with zero attached hydrogens (tertiary/aromatic N) is 1. The van der Waals surface area contributed by atoms with Crippen molar-refractivity contribution in [2.24, 2.45) is 0 Å². The summed E-state index contributed by atoms with van der Waals surface area (Å²) in [5.74, 6) is -1.46. The summed E-state index contributed by atoms with van der Waals surface area (Å²) in [5, 5.41) is 11.0. The molecule has 0 radical (unpaired) electrons. The van der Waals surface area contributed by atoms with E-state index in [1.54, 1.807) is 0 Å². The molecule has 128 valence electrons. The van der Waals surface area contributed by atoms with Crippen molar-refractivity contribution >= 4 is 0 Å². The summed E-state index contributed by atoms with van der Waals surface area (Å²) in [6, 6.07) is 10.2. The molecular formula is C19H21F2NO2. The highest BCUT2D eigenvalue weighted by atomic mass is 19.2. The maximum atomic E-state index is 14.1. The highest BCUT2D eigenvalue weighted by Gasteiger charge is 2.38. The quantitative estimate of drug-likeness (QED) is 0.931. The number of β-amino-alcohol motifs (C(OH)–C–C–N with tert-alkyl or cyclic N) is 1.